The number of hydrogen-bond acceptors (Lipinski definition) is 8. The van der Waals surface area contributed by atoms with Gasteiger partial charge >= 0.3 is 19.8 Å². The molecular weight excluding hydrogens is 1010 g/mol. The number of phosphoric ester groups is 1. The van der Waals surface area contributed by atoms with Gasteiger partial charge in [-0.3, -0.25) is 18.6 Å². The Balaban J connectivity index is 3.76. The molecule has 0 aromatic carbocycles. The van der Waals surface area contributed by atoms with Gasteiger partial charge < -0.3 is 20.1 Å². The van der Waals surface area contributed by atoms with Gasteiger partial charge in [-0.2, -0.15) is 0 Å². The van der Waals surface area contributed by atoms with Gasteiger partial charge in [0, 0.05) is 19.4 Å². The quantitative estimate of drug-likeness (QED) is 0.0264. The molecule has 0 saturated carbocycles. The van der Waals surface area contributed by atoms with E-state index in [0.717, 1.165) is 77.0 Å². The highest BCUT2D eigenvalue weighted by Crippen LogP contribution is 2.43. The Hall–Kier alpha value is -2.55. The number of hydrogen-bond donors (Lipinski definition) is 2. The Morgan fingerprint density at radius 1 is 0.388 bits per heavy atom. The molecule has 0 heterocycles. The van der Waals surface area contributed by atoms with E-state index in [1.807, 2.05) is 0 Å². The van der Waals surface area contributed by atoms with Crippen LogP contribution in [0.15, 0.2) is 72.9 Å². The summed E-state index contributed by atoms with van der Waals surface area (Å²) in [5.41, 5.74) is 5.39. The van der Waals surface area contributed by atoms with E-state index in [1.54, 1.807) is 0 Å². The second-order valence-electron chi connectivity index (χ2n) is 22.7. The number of phosphoric acid groups is 1. The molecule has 9 nitrogen and oxygen atoms in total. The van der Waals surface area contributed by atoms with Crippen molar-refractivity contribution in [3.05, 3.63) is 72.9 Å². The average molecular weight is 1140 g/mol. The summed E-state index contributed by atoms with van der Waals surface area (Å²) in [7, 11) is -4.39. The van der Waals surface area contributed by atoms with Crippen LogP contribution in [0.3, 0.4) is 0 Å². The smallest absolute Gasteiger partial charge is 0.462 e. The largest absolute Gasteiger partial charge is 0.472 e. The van der Waals surface area contributed by atoms with Gasteiger partial charge in [0.25, 0.3) is 0 Å². The Labute approximate surface area is 494 Å². The second-order valence-corrected chi connectivity index (χ2v) is 24.1. The average Bonchev–Trinajstić information content (AvgIpc) is 3.45. The van der Waals surface area contributed by atoms with E-state index in [4.69, 9.17) is 24.3 Å². The molecule has 0 amide bonds. The molecule has 0 aliphatic carbocycles. The van der Waals surface area contributed by atoms with Crippen LogP contribution in [-0.4, -0.2) is 49.3 Å². The Morgan fingerprint density at radius 3 is 1.02 bits per heavy atom. The first-order valence-electron chi connectivity index (χ1n) is 33.9. The van der Waals surface area contributed by atoms with Gasteiger partial charge in [-0.15, -0.1) is 0 Å². The molecule has 80 heavy (non-hydrogen) atoms. The molecule has 0 aliphatic heterocycles. The molecule has 2 atom stereocenters. The first kappa shape index (κ1) is 77.5. The normalized spacial score (nSPS) is 13.4. The van der Waals surface area contributed by atoms with Gasteiger partial charge in [-0.25, -0.2) is 4.57 Å². The van der Waals surface area contributed by atoms with Crippen molar-refractivity contribution in [1.29, 1.82) is 0 Å². The topological polar surface area (TPSA) is 134 Å². The lowest BCUT2D eigenvalue weighted by Crippen LogP contribution is -2.29. The standard InChI is InChI=1S/C70H128NO8P/c1-3-5-7-9-11-13-15-17-19-21-23-24-25-26-27-28-29-30-31-32-33-34-35-36-37-38-39-40-41-42-43-44-45-47-49-51-53-55-57-59-61-63-70(73)79-68(67-78-80(74,75)77-65-64-71)66-76-69(72)62-60-58-56-54-52-50-48-46-22-20-18-16-14-12-10-8-6-4-2/h5,7,11,13-14,16-17,19-20,22-24,68H,3-4,6,8-10,12,15,18,21,25-67,71H2,1-2H3,(H,74,75)/b7-5-,13-11-,16-14-,19-17-,22-20-,24-23-. The minimum absolute atomic E-state index is 0.0525. The van der Waals surface area contributed by atoms with Crippen LogP contribution in [0.1, 0.15) is 328 Å². The van der Waals surface area contributed by atoms with Crippen LogP contribution in [0.2, 0.25) is 0 Å². The zero-order valence-electron chi connectivity index (χ0n) is 52.3. The van der Waals surface area contributed by atoms with E-state index in [0.29, 0.717) is 6.42 Å². The van der Waals surface area contributed by atoms with Crippen molar-refractivity contribution in [2.75, 3.05) is 26.4 Å². The summed E-state index contributed by atoms with van der Waals surface area (Å²) in [6, 6.07) is 0. The third-order valence-corrected chi connectivity index (χ3v) is 15.8. The highest BCUT2D eigenvalue weighted by Gasteiger charge is 2.26. The molecular formula is C70H128NO8P. The number of carbonyl (C=O) groups excluding carboxylic acids is 2. The fourth-order valence-corrected chi connectivity index (χ4v) is 10.6. The van der Waals surface area contributed by atoms with Crippen molar-refractivity contribution >= 4 is 19.8 Å². The number of nitrogens with two attached hydrogens (primary N) is 1. The van der Waals surface area contributed by atoms with Gasteiger partial charge in [0.2, 0.25) is 0 Å². The summed E-state index contributed by atoms with van der Waals surface area (Å²) in [4.78, 5) is 35.2. The molecule has 10 heteroatoms. The van der Waals surface area contributed by atoms with Crippen molar-refractivity contribution in [2.45, 2.75) is 335 Å². The number of esters is 2. The lowest BCUT2D eigenvalue weighted by atomic mass is 10.0. The monoisotopic (exact) mass is 1140 g/mol. The molecule has 0 spiro atoms. The van der Waals surface area contributed by atoms with Gasteiger partial charge in [-0.05, 0) is 83.5 Å². The predicted octanol–water partition coefficient (Wildman–Crippen LogP) is 22.0. The number of allylic oxidation sites excluding steroid dienone is 12. The lowest BCUT2D eigenvalue weighted by molar-refractivity contribution is -0.161. The zero-order valence-corrected chi connectivity index (χ0v) is 53.2. The number of ether oxygens (including phenoxy) is 2. The van der Waals surface area contributed by atoms with E-state index >= 15 is 0 Å². The Bertz CT molecular complexity index is 1540. The van der Waals surface area contributed by atoms with Gasteiger partial charge in [-0.1, -0.05) is 305 Å². The maximum absolute atomic E-state index is 12.7. The molecule has 0 aromatic rings. The lowest BCUT2D eigenvalue weighted by Gasteiger charge is -2.19. The maximum Gasteiger partial charge on any atom is 0.472 e. The van der Waals surface area contributed by atoms with Crippen molar-refractivity contribution in [3.63, 3.8) is 0 Å². The van der Waals surface area contributed by atoms with Gasteiger partial charge in [0.1, 0.15) is 6.61 Å². The van der Waals surface area contributed by atoms with E-state index < -0.39 is 26.5 Å². The highest BCUT2D eigenvalue weighted by atomic mass is 31.2. The van der Waals surface area contributed by atoms with E-state index in [1.165, 1.54) is 218 Å². The van der Waals surface area contributed by atoms with Crippen LogP contribution in [0.25, 0.3) is 0 Å². The molecule has 0 bridgehead atoms. The Morgan fingerprint density at radius 2 is 0.688 bits per heavy atom. The molecule has 3 N–H and O–H groups in total. The summed E-state index contributed by atoms with van der Waals surface area (Å²) in [5, 5.41) is 0. The van der Waals surface area contributed by atoms with E-state index in [2.05, 4.69) is 86.8 Å². The summed E-state index contributed by atoms with van der Waals surface area (Å²) in [6.45, 7) is 3.65. The second kappa shape index (κ2) is 65.6. The first-order chi connectivity index (χ1) is 39.3. The van der Waals surface area contributed by atoms with Crippen LogP contribution in [0.4, 0.5) is 0 Å². The molecule has 0 fully saturated rings. The minimum Gasteiger partial charge on any atom is -0.462 e. The van der Waals surface area contributed by atoms with Crippen LogP contribution in [-0.2, 0) is 32.7 Å². The van der Waals surface area contributed by atoms with E-state index in [9.17, 15) is 19.0 Å². The maximum atomic E-state index is 12.7. The highest BCUT2D eigenvalue weighted by molar-refractivity contribution is 7.47. The molecule has 0 radical (unpaired) electrons. The minimum atomic E-state index is -4.39. The van der Waals surface area contributed by atoms with E-state index in [-0.39, 0.29) is 38.6 Å². The molecule has 0 rings (SSSR count). The summed E-state index contributed by atoms with van der Waals surface area (Å²) < 4.78 is 33.1. The third kappa shape index (κ3) is 64.6. The Kier molecular flexibility index (Phi) is 63.5. The predicted molar refractivity (Wildman–Crippen MR) is 344 cm³/mol. The van der Waals surface area contributed by atoms with Crippen molar-refractivity contribution in [1.82, 2.24) is 0 Å². The van der Waals surface area contributed by atoms with Gasteiger partial charge in [0.05, 0.1) is 13.2 Å². The molecule has 0 aromatic heterocycles. The number of carbonyl (C=O) groups is 2. The molecule has 0 aliphatic rings. The van der Waals surface area contributed by atoms with Crippen LogP contribution < -0.4 is 5.73 Å². The van der Waals surface area contributed by atoms with Gasteiger partial charge in [0.15, 0.2) is 6.10 Å². The van der Waals surface area contributed by atoms with Crippen LogP contribution >= 0.6 is 7.82 Å². The van der Waals surface area contributed by atoms with Crippen LogP contribution in [0.5, 0.6) is 0 Å². The summed E-state index contributed by atoms with van der Waals surface area (Å²) >= 11 is 0. The number of unbranched alkanes of at least 4 members (excludes halogenated alkanes) is 39. The number of rotatable bonds is 64. The van der Waals surface area contributed by atoms with Crippen molar-refractivity contribution in [3.8, 4) is 0 Å². The fourth-order valence-electron chi connectivity index (χ4n) is 9.84. The first-order valence-corrected chi connectivity index (χ1v) is 35.4. The third-order valence-electron chi connectivity index (χ3n) is 14.8. The van der Waals surface area contributed by atoms with Crippen molar-refractivity contribution < 1.29 is 37.6 Å². The molecule has 0 saturated heterocycles. The summed E-state index contributed by atoms with van der Waals surface area (Å²) in [6.07, 6.45) is 85.8. The fraction of sp³-hybridized carbons (Fsp3) is 0.800. The SMILES string of the molecule is CC/C=C\C/C=C\C/C=C\C/C=C\CCCCCCCCCCCCCCCCCCCCCCCCCCCCCCC(=O)OC(COC(=O)CCCCCCCCC/C=C\C/C=C\CCCCCC)COP(=O)(O)OCCN. The summed E-state index contributed by atoms with van der Waals surface area (Å²) in [5.74, 6) is -0.823. The molecule has 466 valence electrons. The van der Waals surface area contributed by atoms with Crippen molar-refractivity contribution in [2.24, 2.45) is 5.73 Å². The molecule has 2 unspecified atom stereocenters. The zero-order chi connectivity index (χ0) is 58.0. The van der Waals surface area contributed by atoms with Crippen LogP contribution in [0, 0.1) is 0 Å².